The summed E-state index contributed by atoms with van der Waals surface area (Å²) in [6, 6.07) is 6.23. The van der Waals surface area contributed by atoms with Gasteiger partial charge in [-0.1, -0.05) is 45.8 Å². The number of amides is 1. The number of hydrogen-bond donors (Lipinski definition) is 0. The van der Waals surface area contributed by atoms with E-state index in [0.717, 1.165) is 51.4 Å². The first-order valence-electron chi connectivity index (χ1n) is 12.4. The molecule has 208 valence electrons. The highest BCUT2D eigenvalue weighted by molar-refractivity contribution is 7.17. The molecular weight excluding hydrogens is 576 g/mol. The Morgan fingerprint density at radius 3 is 2.54 bits per heavy atom. The fourth-order valence-corrected chi connectivity index (χ4v) is 6.20. The number of benzene rings is 1. The zero-order chi connectivity index (χ0) is 27.7. The van der Waals surface area contributed by atoms with Gasteiger partial charge in [0.15, 0.2) is 10.8 Å². The van der Waals surface area contributed by atoms with Crippen molar-refractivity contribution in [1.82, 2.24) is 19.7 Å². The number of carbonyl (C=O) groups is 1. The van der Waals surface area contributed by atoms with Crippen molar-refractivity contribution in [3.8, 4) is 0 Å². The van der Waals surface area contributed by atoms with Crippen LogP contribution in [0.3, 0.4) is 0 Å². The maximum absolute atomic E-state index is 12.9. The second kappa shape index (κ2) is 11.3. The lowest BCUT2D eigenvalue weighted by Gasteiger charge is -2.34. The number of rotatable bonds is 6. The lowest BCUT2D eigenvalue weighted by atomic mass is 10.0. The molecule has 39 heavy (non-hydrogen) atoms. The van der Waals surface area contributed by atoms with Crippen LogP contribution in [0.25, 0.3) is 0 Å². The van der Waals surface area contributed by atoms with Gasteiger partial charge in [0.2, 0.25) is 5.91 Å². The summed E-state index contributed by atoms with van der Waals surface area (Å²) in [4.78, 5) is 28.0. The van der Waals surface area contributed by atoms with E-state index in [1.54, 1.807) is 34.4 Å². The van der Waals surface area contributed by atoms with Crippen molar-refractivity contribution in [3.05, 3.63) is 61.8 Å². The van der Waals surface area contributed by atoms with Crippen LogP contribution in [0, 0.1) is 6.92 Å². The first-order valence-corrected chi connectivity index (χ1v) is 13.9. The number of piperazine rings is 1. The smallest absolute Gasteiger partial charge is 0.391 e. The lowest BCUT2D eigenvalue weighted by molar-refractivity contribution is -0.142. The number of hydrogen-bond acceptors (Lipinski definition) is 7. The Bertz CT molecular complexity index is 1380. The second-order valence-electron chi connectivity index (χ2n) is 9.33. The zero-order valence-electron chi connectivity index (χ0n) is 21.0. The van der Waals surface area contributed by atoms with Gasteiger partial charge in [-0.25, -0.2) is 4.98 Å². The molecule has 1 aromatic carbocycles. The standard InChI is InChI=1S/C25H25Cl2F3N6O2S/c1-15-12-21(25(28,29)30)32-36(15)13-22(37)34-8-10-35(11-9-34)24-31-19-6-3-7-20(23(19)39-24)33-38-14-16-17(26)4-2-5-18(16)27/h2,4-5,12H,3,6-11,13-14H2,1H3. The number of carbonyl (C=O) groups excluding carboxylic acids is 1. The zero-order valence-corrected chi connectivity index (χ0v) is 23.3. The average Bonchev–Trinajstić information content (AvgIpc) is 3.50. The minimum absolute atomic E-state index is 0.161. The number of alkyl halides is 3. The number of aromatic nitrogens is 3. The Kier molecular flexibility index (Phi) is 8.06. The quantitative estimate of drug-likeness (QED) is 0.345. The molecule has 1 aliphatic heterocycles. The van der Waals surface area contributed by atoms with Crippen molar-refractivity contribution in [2.24, 2.45) is 5.16 Å². The minimum atomic E-state index is -4.54. The van der Waals surface area contributed by atoms with Gasteiger partial charge in [0.05, 0.1) is 16.3 Å². The normalized spacial score (nSPS) is 17.0. The topological polar surface area (TPSA) is 75.9 Å². The van der Waals surface area contributed by atoms with Crippen LogP contribution in [0.4, 0.5) is 18.3 Å². The van der Waals surface area contributed by atoms with Gasteiger partial charge in [-0.2, -0.15) is 18.3 Å². The van der Waals surface area contributed by atoms with Gasteiger partial charge in [-0.05, 0) is 44.4 Å². The maximum atomic E-state index is 12.9. The third-order valence-electron chi connectivity index (χ3n) is 6.68. The van der Waals surface area contributed by atoms with Gasteiger partial charge < -0.3 is 14.6 Å². The summed E-state index contributed by atoms with van der Waals surface area (Å²) in [5, 5.41) is 9.84. The molecule has 0 saturated carbocycles. The van der Waals surface area contributed by atoms with Crippen LogP contribution in [0.2, 0.25) is 10.0 Å². The number of fused-ring (bicyclic) bond motifs is 1. The largest absolute Gasteiger partial charge is 0.435 e. The van der Waals surface area contributed by atoms with Crippen molar-refractivity contribution < 1.29 is 22.8 Å². The molecule has 1 saturated heterocycles. The molecule has 0 radical (unpaired) electrons. The van der Waals surface area contributed by atoms with Crippen LogP contribution >= 0.6 is 34.5 Å². The third-order valence-corrected chi connectivity index (χ3v) is 8.60. The van der Waals surface area contributed by atoms with Gasteiger partial charge >= 0.3 is 6.18 Å². The average molecular weight is 601 g/mol. The van der Waals surface area contributed by atoms with Crippen molar-refractivity contribution in [2.45, 2.75) is 45.5 Å². The van der Waals surface area contributed by atoms with Crippen LogP contribution in [0.5, 0.6) is 0 Å². The van der Waals surface area contributed by atoms with E-state index in [1.807, 2.05) is 0 Å². The molecule has 3 aromatic rings. The molecule has 5 rings (SSSR count). The van der Waals surface area contributed by atoms with E-state index >= 15 is 0 Å². The van der Waals surface area contributed by atoms with Gasteiger partial charge in [-0.3, -0.25) is 9.48 Å². The molecule has 14 heteroatoms. The fraction of sp³-hybridized carbons (Fsp3) is 0.440. The van der Waals surface area contributed by atoms with Crippen molar-refractivity contribution >= 4 is 51.3 Å². The highest BCUT2D eigenvalue weighted by atomic mass is 35.5. The number of nitrogens with zero attached hydrogens (tertiary/aromatic N) is 6. The predicted molar refractivity (Wildman–Crippen MR) is 144 cm³/mol. The number of anilines is 1. The minimum Gasteiger partial charge on any atom is -0.391 e. The Balaban J connectivity index is 1.19. The van der Waals surface area contributed by atoms with Gasteiger partial charge in [0.1, 0.15) is 13.2 Å². The first kappa shape index (κ1) is 27.7. The Labute approximate surface area is 236 Å². The van der Waals surface area contributed by atoms with E-state index in [1.165, 1.54) is 6.92 Å². The summed E-state index contributed by atoms with van der Waals surface area (Å²) < 4.78 is 39.9. The number of thiazole rings is 1. The second-order valence-corrected chi connectivity index (χ2v) is 11.1. The molecule has 1 aliphatic carbocycles. The number of aryl methyl sites for hydroxylation is 2. The summed E-state index contributed by atoms with van der Waals surface area (Å²) >= 11 is 14.0. The summed E-state index contributed by atoms with van der Waals surface area (Å²) in [7, 11) is 0. The molecule has 1 amide bonds. The van der Waals surface area contributed by atoms with Crippen LogP contribution < -0.4 is 4.90 Å². The molecule has 2 aromatic heterocycles. The molecule has 0 spiro atoms. The fourth-order valence-electron chi connectivity index (χ4n) is 4.52. The van der Waals surface area contributed by atoms with Crippen molar-refractivity contribution in [2.75, 3.05) is 31.1 Å². The predicted octanol–water partition coefficient (Wildman–Crippen LogP) is 5.58. The van der Waals surface area contributed by atoms with Crippen LogP contribution in [0.1, 0.15) is 40.4 Å². The van der Waals surface area contributed by atoms with Crippen LogP contribution in [-0.4, -0.2) is 57.5 Å². The van der Waals surface area contributed by atoms with E-state index in [2.05, 4.69) is 15.2 Å². The molecular formula is C25H25Cl2F3N6O2S. The van der Waals surface area contributed by atoms with Crippen molar-refractivity contribution in [1.29, 1.82) is 0 Å². The molecule has 0 N–H and O–H groups in total. The van der Waals surface area contributed by atoms with Gasteiger partial charge in [0, 0.05) is 47.5 Å². The van der Waals surface area contributed by atoms with Crippen LogP contribution in [0.15, 0.2) is 29.4 Å². The van der Waals surface area contributed by atoms with Gasteiger partial charge in [0.25, 0.3) is 0 Å². The Morgan fingerprint density at radius 2 is 1.87 bits per heavy atom. The highest BCUT2D eigenvalue weighted by Gasteiger charge is 2.35. The molecule has 3 heterocycles. The first-order chi connectivity index (χ1) is 18.6. The third kappa shape index (κ3) is 6.17. The van der Waals surface area contributed by atoms with E-state index in [0.29, 0.717) is 47.5 Å². The molecule has 0 unspecified atom stereocenters. The molecule has 1 fully saturated rings. The van der Waals surface area contributed by atoms with E-state index < -0.39 is 11.9 Å². The Hall–Kier alpha value is -2.83. The summed E-state index contributed by atoms with van der Waals surface area (Å²) in [5.74, 6) is -0.266. The van der Waals surface area contributed by atoms with Crippen LogP contribution in [-0.2, 0) is 35.4 Å². The molecule has 0 bridgehead atoms. The van der Waals surface area contributed by atoms with E-state index in [-0.39, 0.29) is 19.1 Å². The van der Waals surface area contributed by atoms with Gasteiger partial charge in [-0.15, -0.1) is 0 Å². The summed E-state index contributed by atoms with van der Waals surface area (Å²) in [5.41, 5.74) is 1.80. The Morgan fingerprint density at radius 1 is 1.15 bits per heavy atom. The monoisotopic (exact) mass is 600 g/mol. The SMILES string of the molecule is Cc1cc(C(F)(F)F)nn1CC(=O)N1CCN(c2nc3c(s2)C(=NOCc2c(Cl)cccc2Cl)CCC3)CC1. The molecule has 2 aliphatic rings. The number of halogens is 5. The molecule has 0 atom stereocenters. The lowest BCUT2D eigenvalue weighted by Crippen LogP contribution is -2.49. The number of oxime groups is 1. The highest BCUT2D eigenvalue weighted by Crippen LogP contribution is 2.33. The van der Waals surface area contributed by atoms with Crippen molar-refractivity contribution in [3.63, 3.8) is 0 Å². The van der Waals surface area contributed by atoms with E-state index in [4.69, 9.17) is 33.0 Å². The maximum Gasteiger partial charge on any atom is 0.435 e. The van der Waals surface area contributed by atoms with E-state index in [9.17, 15) is 18.0 Å². The summed E-state index contributed by atoms with van der Waals surface area (Å²) in [6.07, 6.45) is -2.01. The molecule has 8 nitrogen and oxygen atoms in total. The summed E-state index contributed by atoms with van der Waals surface area (Å²) in [6.45, 7) is 3.46.